The first-order valence-electron chi connectivity index (χ1n) is 12.2. The van der Waals surface area contributed by atoms with Crippen molar-refractivity contribution in [3.63, 3.8) is 0 Å². The fraction of sp³-hybridized carbons (Fsp3) is 0.519. The van der Waals surface area contributed by atoms with Crippen molar-refractivity contribution in [1.82, 2.24) is 0 Å². The highest BCUT2D eigenvalue weighted by atomic mass is 19.4. The highest BCUT2D eigenvalue weighted by Gasteiger charge is 2.45. The van der Waals surface area contributed by atoms with Crippen molar-refractivity contribution in [2.75, 3.05) is 5.32 Å². The molecular weight excluding hydrogens is 519 g/mol. The first kappa shape index (κ1) is 29.7. The number of nitrogens with one attached hydrogen (secondary N) is 1. The van der Waals surface area contributed by atoms with Crippen LogP contribution in [0.25, 0.3) is 0 Å². The summed E-state index contributed by atoms with van der Waals surface area (Å²) in [6, 6.07) is 3.89. The van der Waals surface area contributed by atoms with Crippen molar-refractivity contribution < 1.29 is 45.7 Å². The Kier molecular flexibility index (Phi) is 8.41. The van der Waals surface area contributed by atoms with Gasteiger partial charge in [-0.3, -0.25) is 4.79 Å². The lowest BCUT2D eigenvalue weighted by atomic mass is 9.70. The minimum absolute atomic E-state index is 0.0558. The molecule has 1 aliphatic carbocycles. The largest absolute Gasteiger partial charge is 0.508 e. The summed E-state index contributed by atoms with van der Waals surface area (Å²) in [7, 11) is 0. The Morgan fingerprint density at radius 2 is 1.47 bits per heavy atom. The van der Waals surface area contributed by atoms with E-state index in [1.807, 2.05) is 0 Å². The molecule has 1 amide bonds. The van der Waals surface area contributed by atoms with E-state index in [4.69, 9.17) is 0 Å². The van der Waals surface area contributed by atoms with E-state index in [1.165, 1.54) is 0 Å². The molecule has 3 N–H and O–H groups in total. The highest BCUT2D eigenvalue weighted by molar-refractivity contribution is 5.97. The van der Waals surface area contributed by atoms with Crippen molar-refractivity contribution >= 4 is 11.6 Å². The topological polar surface area (TPSA) is 69.6 Å². The van der Waals surface area contributed by atoms with Crippen molar-refractivity contribution in [1.29, 1.82) is 0 Å². The lowest BCUT2D eigenvalue weighted by Crippen LogP contribution is -2.48. The molecule has 38 heavy (non-hydrogen) atoms. The smallest absolute Gasteiger partial charge is 0.416 e. The molecule has 0 aliphatic heterocycles. The van der Waals surface area contributed by atoms with Crippen LogP contribution in [0.4, 0.5) is 36.4 Å². The van der Waals surface area contributed by atoms with Gasteiger partial charge in [-0.2, -0.15) is 26.3 Å². The molecule has 1 atom stereocenters. The summed E-state index contributed by atoms with van der Waals surface area (Å²) in [5, 5.41) is 24.1. The second-order valence-corrected chi connectivity index (χ2v) is 10.7. The van der Waals surface area contributed by atoms with Crippen molar-refractivity contribution in [3.8, 4) is 5.75 Å². The highest BCUT2D eigenvalue weighted by Crippen LogP contribution is 2.43. The third-order valence-electron chi connectivity index (χ3n) is 7.04. The van der Waals surface area contributed by atoms with Crippen LogP contribution < -0.4 is 5.32 Å². The lowest BCUT2D eigenvalue weighted by Gasteiger charge is -2.38. The van der Waals surface area contributed by atoms with Crippen molar-refractivity contribution in [3.05, 3.63) is 58.9 Å². The summed E-state index contributed by atoms with van der Waals surface area (Å²) < 4.78 is 93.8. The maximum absolute atomic E-state index is 14.0. The summed E-state index contributed by atoms with van der Waals surface area (Å²) in [5.74, 6) is -2.26. The van der Waals surface area contributed by atoms with E-state index in [2.05, 4.69) is 5.32 Å². The predicted octanol–water partition coefficient (Wildman–Crippen LogP) is 7.58. The molecule has 0 heterocycles. The molecule has 1 saturated carbocycles. The number of carbonyl (C=O) groups excluding carboxylic acids is 1. The molecule has 3 rings (SSSR count). The van der Waals surface area contributed by atoms with Crippen LogP contribution in [0, 0.1) is 11.7 Å². The monoisotopic (exact) mass is 549 g/mol. The third-order valence-corrected chi connectivity index (χ3v) is 7.04. The van der Waals surface area contributed by atoms with Gasteiger partial charge in [0.25, 0.3) is 5.91 Å². The van der Waals surface area contributed by atoms with E-state index in [1.54, 1.807) is 13.8 Å². The first-order chi connectivity index (χ1) is 17.4. The van der Waals surface area contributed by atoms with Gasteiger partial charge in [0.15, 0.2) is 0 Å². The van der Waals surface area contributed by atoms with Gasteiger partial charge < -0.3 is 15.5 Å². The molecule has 1 aliphatic rings. The minimum atomic E-state index is -5.12. The molecule has 2 aromatic rings. The van der Waals surface area contributed by atoms with Gasteiger partial charge in [-0.1, -0.05) is 46.0 Å². The maximum Gasteiger partial charge on any atom is 0.416 e. The van der Waals surface area contributed by atoms with Gasteiger partial charge in [0.2, 0.25) is 0 Å². The van der Waals surface area contributed by atoms with Gasteiger partial charge in [-0.25, -0.2) is 4.39 Å². The molecule has 4 nitrogen and oxygen atoms in total. The zero-order valence-electron chi connectivity index (χ0n) is 20.9. The van der Waals surface area contributed by atoms with Crippen molar-refractivity contribution in [2.45, 2.75) is 82.2 Å². The zero-order chi connectivity index (χ0) is 28.5. The number of aromatic hydroxyl groups is 1. The van der Waals surface area contributed by atoms with Gasteiger partial charge in [0.05, 0.1) is 11.1 Å². The molecule has 11 heteroatoms. The maximum atomic E-state index is 14.0. The second kappa shape index (κ2) is 10.7. The minimum Gasteiger partial charge on any atom is -0.508 e. The molecule has 0 spiro atoms. The number of phenols is 1. The molecule has 0 radical (unpaired) electrons. The number of halogens is 7. The summed E-state index contributed by atoms with van der Waals surface area (Å²) in [5.41, 5.74) is -7.36. The van der Waals surface area contributed by atoms with Crippen LogP contribution in [0.3, 0.4) is 0 Å². The van der Waals surface area contributed by atoms with Crippen LogP contribution in [0.2, 0.25) is 0 Å². The number of alkyl halides is 6. The van der Waals surface area contributed by atoms with Gasteiger partial charge in [0.1, 0.15) is 17.2 Å². The van der Waals surface area contributed by atoms with E-state index in [-0.39, 0.29) is 36.1 Å². The van der Waals surface area contributed by atoms with Gasteiger partial charge in [-0.05, 0) is 60.6 Å². The number of anilines is 1. The Balaban J connectivity index is 2.01. The second-order valence-electron chi connectivity index (χ2n) is 10.7. The number of aliphatic hydroxyl groups is 1. The molecule has 0 bridgehead atoms. The summed E-state index contributed by atoms with van der Waals surface area (Å²) >= 11 is 0. The SMILES string of the molecule is CC(C)(CC(O)(CC1CCCCC1)C(=O)Nc1cc(C(F)(F)F)cc(C(F)(F)F)c1)c1cc(F)ccc1O. The molecule has 2 aromatic carbocycles. The number of carbonyl (C=O) groups is 1. The molecule has 1 unspecified atom stereocenters. The van der Waals surface area contributed by atoms with Crippen LogP contribution in [0.1, 0.15) is 75.5 Å². The number of hydrogen-bond donors (Lipinski definition) is 3. The van der Waals surface area contributed by atoms with Crippen LogP contribution in [-0.4, -0.2) is 21.7 Å². The number of hydrogen-bond acceptors (Lipinski definition) is 3. The van der Waals surface area contributed by atoms with Gasteiger partial charge in [0, 0.05) is 11.3 Å². The summed E-state index contributed by atoms with van der Waals surface area (Å²) in [6.07, 6.45) is -6.70. The molecular formula is C27H30F7NO3. The normalized spacial score (nSPS) is 17.2. The summed E-state index contributed by atoms with van der Waals surface area (Å²) in [4.78, 5) is 13.4. The van der Waals surface area contributed by atoms with E-state index >= 15 is 0 Å². The van der Waals surface area contributed by atoms with E-state index in [0.717, 1.165) is 37.5 Å². The lowest BCUT2D eigenvalue weighted by molar-refractivity contribution is -0.143. The average Bonchev–Trinajstić information content (AvgIpc) is 2.79. The Morgan fingerprint density at radius 3 is 2.00 bits per heavy atom. The number of rotatable bonds is 7. The fourth-order valence-corrected chi connectivity index (χ4v) is 5.27. The zero-order valence-corrected chi connectivity index (χ0v) is 20.9. The van der Waals surface area contributed by atoms with Gasteiger partial charge in [-0.15, -0.1) is 0 Å². The van der Waals surface area contributed by atoms with Crippen LogP contribution in [-0.2, 0) is 22.6 Å². The Hall–Kier alpha value is -2.82. The molecule has 210 valence electrons. The fourth-order valence-electron chi connectivity index (χ4n) is 5.27. The average molecular weight is 550 g/mol. The molecule has 1 fully saturated rings. The van der Waals surface area contributed by atoms with Crippen LogP contribution in [0.5, 0.6) is 5.75 Å². The number of amides is 1. The number of phenolic OH excluding ortho intramolecular Hbond substituents is 1. The Bertz CT molecular complexity index is 1120. The van der Waals surface area contributed by atoms with E-state index in [0.29, 0.717) is 25.0 Å². The molecule has 0 saturated heterocycles. The van der Waals surface area contributed by atoms with E-state index in [9.17, 15) is 45.7 Å². The summed E-state index contributed by atoms with van der Waals surface area (Å²) in [6.45, 7) is 3.10. The quantitative estimate of drug-likeness (QED) is 0.312. The van der Waals surface area contributed by atoms with Crippen molar-refractivity contribution in [2.24, 2.45) is 5.92 Å². The third kappa shape index (κ3) is 7.18. The Labute approximate surface area is 215 Å². The van der Waals surface area contributed by atoms with Crippen LogP contribution >= 0.6 is 0 Å². The standard InChI is InChI=1S/C27H30F7NO3/c1-24(2,21-13-19(28)8-9-22(21)36)15-25(38,14-16-6-4-3-5-7-16)23(37)35-20-11-17(26(29,30)31)10-18(12-20)27(32,33)34/h8-13,16,36,38H,3-7,14-15H2,1-2H3,(H,35,37). The van der Waals surface area contributed by atoms with E-state index < -0.39 is 51.9 Å². The van der Waals surface area contributed by atoms with Gasteiger partial charge >= 0.3 is 12.4 Å². The van der Waals surface area contributed by atoms with Crippen LogP contribution in [0.15, 0.2) is 36.4 Å². The molecule has 0 aromatic heterocycles. The Morgan fingerprint density at radius 1 is 0.921 bits per heavy atom. The first-order valence-corrected chi connectivity index (χ1v) is 12.2. The predicted molar refractivity (Wildman–Crippen MR) is 127 cm³/mol. The number of benzene rings is 2.